The van der Waals surface area contributed by atoms with E-state index in [2.05, 4.69) is 91.5 Å². The maximum atomic E-state index is 5.18. The van der Waals surface area contributed by atoms with Crippen LogP contribution in [0.2, 0.25) is 0 Å². The Balaban J connectivity index is 0. The van der Waals surface area contributed by atoms with Gasteiger partial charge in [0.2, 0.25) is 0 Å². The van der Waals surface area contributed by atoms with Crippen LogP contribution in [0.5, 0.6) is 5.75 Å². The summed E-state index contributed by atoms with van der Waals surface area (Å²) >= 11 is 0. The van der Waals surface area contributed by atoms with Crippen LogP contribution < -0.4 is 4.74 Å². The molecule has 0 aliphatic heterocycles. The highest BCUT2D eigenvalue weighted by atomic mass is 16.5. The predicted octanol–water partition coefficient (Wildman–Crippen LogP) is 9.37. The number of benzene rings is 2. The van der Waals surface area contributed by atoms with Crippen molar-refractivity contribution < 1.29 is 18.9 Å². The molecule has 2 aromatic carbocycles. The second-order valence-electron chi connectivity index (χ2n) is 11.3. The van der Waals surface area contributed by atoms with E-state index in [1.807, 2.05) is 12.1 Å². The molecule has 0 amide bonds. The highest BCUT2D eigenvalue weighted by molar-refractivity contribution is 5.32. The van der Waals surface area contributed by atoms with E-state index in [4.69, 9.17) is 18.9 Å². The average molecular weight is 590 g/mol. The Hall–Kier alpha value is -1.92. The molecule has 2 rings (SSSR count). The molecule has 0 saturated carbocycles. The number of nitrogens with zero attached hydrogens (tertiary/aromatic N) is 1. The third kappa shape index (κ3) is 20.9. The predicted molar refractivity (Wildman–Crippen MR) is 183 cm³/mol. The molecule has 5 heteroatoms. The van der Waals surface area contributed by atoms with Crippen molar-refractivity contribution in [1.82, 2.24) is 4.90 Å². The lowest BCUT2D eigenvalue weighted by atomic mass is 9.81. The van der Waals surface area contributed by atoms with E-state index in [-0.39, 0.29) is 0 Å². The Morgan fingerprint density at radius 1 is 0.571 bits per heavy atom. The summed E-state index contributed by atoms with van der Waals surface area (Å²) in [5.74, 6) is 0.942. The molecule has 42 heavy (non-hydrogen) atoms. The second-order valence-corrected chi connectivity index (χ2v) is 11.3. The van der Waals surface area contributed by atoms with Gasteiger partial charge >= 0.3 is 0 Å². The van der Waals surface area contributed by atoms with Crippen molar-refractivity contribution in [2.24, 2.45) is 5.41 Å². The molecule has 0 heterocycles. The molecule has 0 spiro atoms. The molecule has 0 bridgehead atoms. The minimum atomic E-state index is 0.453. The molecular weight excluding hydrogens is 522 g/mol. The van der Waals surface area contributed by atoms with E-state index in [9.17, 15) is 0 Å². The van der Waals surface area contributed by atoms with Crippen molar-refractivity contribution in [3.05, 3.63) is 64.2 Å². The van der Waals surface area contributed by atoms with Gasteiger partial charge in [-0.05, 0) is 107 Å². The van der Waals surface area contributed by atoms with Crippen LogP contribution in [0.1, 0.15) is 94.5 Å². The van der Waals surface area contributed by atoms with Crippen LogP contribution in [0.25, 0.3) is 0 Å². The van der Waals surface area contributed by atoms with Gasteiger partial charge in [0.1, 0.15) is 5.75 Å². The zero-order chi connectivity index (χ0) is 32.4. The maximum Gasteiger partial charge on any atom is 0.119 e. The first-order valence-electron chi connectivity index (χ1n) is 15.9. The van der Waals surface area contributed by atoms with Crippen molar-refractivity contribution in [1.29, 1.82) is 0 Å². The van der Waals surface area contributed by atoms with Gasteiger partial charge in [-0.15, -0.1) is 0 Å². The summed E-state index contributed by atoms with van der Waals surface area (Å²) in [6.07, 6.45) is 6.17. The molecule has 5 nitrogen and oxygen atoms in total. The summed E-state index contributed by atoms with van der Waals surface area (Å²) in [6, 6.07) is 12.6. The van der Waals surface area contributed by atoms with Crippen LogP contribution in [0.3, 0.4) is 0 Å². The van der Waals surface area contributed by atoms with Gasteiger partial charge in [0.25, 0.3) is 0 Å². The molecule has 0 aromatic heterocycles. The summed E-state index contributed by atoms with van der Waals surface area (Å²) in [5, 5.41) is 0. The molecule has 0 radical (unpaired) electrons. The topological polar surface area (TPSA) is 40.2 Å². The normalized spacial score (nSPS) is 10.6. The lowest BCUT2D eigenvalue weighted by molar-refractivity contribution is 0.0691. The van der Waals surface area contributed by atoms with Crippen molar-refractivity contribution in [3.8, 4) is 5.75 Å². The van der Waals surface area contributed by atoms with Crippen LogP contribution in [-0.4, -0.2) is 66.2 Å². The van der Waals surface area contributed by atoms with Crippen LogP contribution in [0.15, 0.2) is 36.4 Å². The standard InChI is InChI=1S/C10H14O.C9H21NO.C9H12O.C9H20O/c1-8-4-9(2)6-10(5-8)7-11-3;1-4-6-10(7-5-2)8-9-11-3;1-7-4-8(2)6-9(5-7)10-3;1-5-9(6-2,7-3)8-10-4/h4-6H,7H2,1-3H3;4-9H2,1-3H3;4-6H,1-3H3;5-8H2,1-4H3. The van der Waals surface area contributed by atoms with E-state index in [0.717, 1.165) is 25.5 Å². The number of ether oxygens (including phenoxy) is 4. The van der Waals surface area contributed by atoms with Crippen LogP contribution in [0.4, 0.5) is 0 Å². The summed E-state index contributed by atoms with van der Waals surface area (Å²) in [6.45, 7) is 25.5. The molecule has 0 unspecified atom stereocenters. The monoisotopic (exact) mass is 590 g/mol. The fourth-order valence-electron chi connectivity index (χ4n) is 4.92. The smallest absolute Gasteiger partial charge is 0.119 e. The summed E-state index contributed by atoms with van der Waals surface area (Å²) in [4.78, 5) is 2.45. The first-order valence-corrected chi connectivity index (χ1v) is 15.9. The Morgan fingerprint density at radius 3 is 1.33 bits per heavy atom. The molecule has 244 valence electrons. The van der Waals surface area contributed by atoms with Gasteiger partial charge in [0.05, 0.1) is 26.9 Å². The molecule has 2 aromatic rings. The van der Waals surface area contributed by atoms with Gasteiger partial charge in [-0.25, -0.2) is 0 Å². The summed E-state index contributed by atoms with van der Waals surface area (Å²) < 4.78 is 20.3. The fraction of sp³-hybridized carbons (Fsp3) is 0.676. The molecule has 0 saturated heterocycles. The number of hydrogen-bond donors (Lipinski definition) is 0. The van der Waals surface area contributed by atoms with Gasteiger partial charge in [-0.1, -0.05) is 70.0 Å². The highest BCUT2D eigenvalue weighted by Gasteiger charge is 2.22. The van der Waals surface area contributed by atoms with Crippen molar-refractivity contribution in [2.45, 2.75) is 101 Å². The first kappa shape index (κ1) is 42.2. The number of hydrogen-bond acceptors (Lipinski definition) is 5. The van der Waals surface area contributed by atoms with E-state index in [0.29, 0.717) is 12.0 Å². The Bertz CT molecular complexity index is 841. The number of aryl methyl sites for hydroxylation is 4. The highest BCUT2D eigenvalue weighted by Crippen LogP contribution is 2.30. The van der Waals surface area contributed by atoms with Crippen molar-refractivity contribution in [2.75, 3.05) is 61.3 Å². The fourth-order valence-corrected chi connectivity index (χ4v) is 4.92. The average Bonchev–Trinajstić information content (AvgIpc) is 2.95. The summed E-state index contributed by atoms with van der Waals surface area (Å²) in [5.41, 5.74) is 6.81. The molecular formula is C37H67NO4. The van der Waals surface area contributed by atoms with Crippen LogP contribution >= 0.6 is 0 Å². The number of methoxy groups -OCH3 is 4. The Labute approximate surface area is 261 Å². The SMILES string of the molecule is CCC(CC)(CC)COC.CCCN(CCC)CCOC.COCc1cc(C)cc(C)c1.COc1cc(C)cc(C)c1. The van der Waals surface area contributed by atoms with Gasteiger partial charge < -0.3 is 23.8 Å². The minimum Gasteiger partial charge on any atom is -0.497 e. The van der Waals surface area contributed by atoms with E-state index in [1.54, 1.807) is 28.4 Å². The van der Waals surface area contributed by atoms with Gasteiger partial charge in [-0.2, -0.15) is 0 Å². The van der Waals surface area contributed by atoms with Gasteiger partial charge in [-0.3, -0.25) is 0 Å². The second kappa shape index (κ2) is 26.7. The van der Waals surface area contributed by atoms with Gasteiger partial charge in [0, 0.05) is 27.9 Å². The molecule has 0 aliphatic carbocycles. The third-order valence-electron chi connectivity index (χ3n) is 7.42. The lowest BCUT2D eigenvalue weighted by Gasteiger charge is -2.29. The maximum absolute atomic E-state index is 5.18. The zero-order valence-corrected chi connectivity index (χ0v) is 29.8. The minimum absolute atomic E-state index is 0.453. The number of rotatable bonds is 15. The van der Waals surface area contributed by atoms with Crippen molar-refractivity contribution >= 4 is 0 Å². The van der Waals surface area contributed by atoms with Gasteiger partial charge in [0.15, 0.2) is 0 Å². The third-order valence-corrected chi connectivity index (χ3v) is 7.42. The molecule has 0 fully saturated rings. The first-order chi connectivity index (χ1) is 20.0. The van der Waals surface area contributed by atoms with Crippen LogP contribution in [0, 0.1) is 33.1 Å². The van der Waals surface area contributed by atoms with E-state index in [1.165, 1.54) is 73.0 Å². The van der Waals surface area contributed by atoms with Crippen molar-refractivity contribution in [3.63, 3.8) is 0 Å². The molecule has 0 aliphatic rings. The van der Waals surface area contributed by atoms with Crippen LogP contribution in [-0.2, 0) is 20.8 Å². The lowest BCUT2D eigenvalue weighted by Crippen LogP contribution is -2.28. The van der Waals surface area contributed by atoms with E-state index >= 15 is 0 Å². The Morgan fingerprint density at radius 2 is 1.02 bits per heavy atom. The Kier molecular flexibility index (Phi) is 26.8. The zero-order valence-electron chi connectivity index (χ0n) is 29.8. The molecule has 0 N–H and O–H groups in total. The van der Waals surface area contributed by atoms with E-state index < -0.39 is 0 Å². The largest absolute Gasteiger partial charge is 0.497 e. The molecule has 0 atom stereocenters. The quantitative estimate of drug-likeness (QED) is 0.207. The summed E-state index contributed by atoms with van der Waals surface area (Å²) in [7, 11) is 6.96.